The number of carbonyl (C=O) groups is 2. The molecule has 136 valence electrons. The van der Waals surface area contributed by atoms with Crippen molar-refractivity contribution >= 4 is 29.4 Å². The summed E-state index contributed by atoms with van der Waals surface area (Å²) >= 11 is 5.99. The monoisotopic (exact) mass is 373 g/mol. The van der Waals surface area contributed by atoms with Gasteiger partial charge in [0.25, 0.3) is 5.91 Å². The van der Waals surface area contributed by atoms with Crippen molar-refractivity contribution in [3.8, 4) is 0 Å². The van der Waals surface area contributed by atoms with Gasteiger partial charge in [0.15, 0.2) is 0 Å². The summed E-state index contributed by atoms with van der Waals surface area (Å²) in [5.41, 5.74) is 0.354. The lowest BCUT2D eigenvalue weighted by Gasteiger charge is -2.33. The lowest BCUT2D eigenvalue weighted by atomic mass is 10.1. The third kappa shape index (κ3) is 4.70. The van der Waals surface area contributed by atoms with E-state index in [9.17, 15) is 9.59 Å². The van der Waals surface area contributed by atoms with E-state index in [1.54, 1.807) is 42.7 Å². The van der Waals surface area contributed by atoms with Crippen LogP contribution >= 0.6 is 11.6 Å². The number of anilines is 1. The molecule has 2 N–H and O–H groups in total. The fourth-order valence-electron chi connectivity index (χ4n) is 2.91. The number of halogens is 1. The Morgan fingerprint density at radius 2 is 1.96 bits per heavy atom. The van der Waals surface area contributed by atoms with Crippen molar-refractivity contribution in [1.82, 2.24) is 20.6 Å². The molecule has 3 rings (SSSR count). The maximum Gasteiger partial charge on any atom is 0.253 e. The van der Waals surface area contributed by atoms with Crippen LogP contribution in [0.2, 0.25) is 5.02 Å². The van der Waals surface area contributed by atoms with Crippen LogP contribution in [0.5, 0.6) is 0 Å². The summed E-state index contributed by atoms with van der Waals surface area (Å²) in [4.78, 5) is 34.8. The van der Waals surface area contributed by atoms with Crippen LogP contribution in [-0.2, 0) is 4.79 Å². The van der Waals surface area contributed by atoms with Gasteiger partial charge in [0.1, 0.15) is 0 Å². The average Bonchev–Trinajstić information content (AvgIpc) is 2.67. The highest BCUT2D eigenvalue weighted by atomic mass is 35.5. The van der Waals surface area contributed by atoms with Gasteiger partial charge in [0, 0.05) is 31.5 Å². The zero-order valence-corrected chi connectivity index (χ0v) is 14.9. The molecule has 0 bridgehead atoms. The minimum Gasteiger partial charge on any atom is -0.350 e. The van der Waals surface area contributed by atoms with Gasteiger partial charge in [-0.25, -0.2) is 9.97 Å². The van der Waals surface area contributed by atoms with Crippen LogP contribution in [0.3, 0.4) is 0 Å². The Morgan fingerprint density at radius 3 is 2.73 bits per heavy atom. The molecule has 0 saturated carbocycles. The quantitative estimate of drug-likeness (QED) is 0.832. The molecule has 7 nitrogen and oxygen atoms in total. The number of aromatic nitrogens is 2. The first-order valence-corrected chi connectivity index (χ1v) is 8.85. The Bertz CT molecular complexity index is 771. The average molecular weight is 374 g/mol. The maximum atomic E-state index is 12.2. The van der Waals surface area contributed by atoms with Crippen molar-refractivity contribution in [1.29, 1.82) is 0 Å². The minimum atomic E-state index is -0.367. The molecule has 1 aliphatic heterocycles. The fraction of sp³-hybridized carbons (Fsp3) is 0.333. The van der Waals surface area contributed by atoms with Crippen molar-refractivity contribution in [2.75, 3.05) is 24.5 Å². The molecule has 26 heavy (non-hydrogen) atoms. The molecule has 0 radical (unpaired) electrons. The van der Waals surface area contributed by atoms with Crippen LogP contribution < -0.4 is 15.5 Å². The second-order valence-corrected chi connectivity index (χ2v) is 6.47. The molecule has 1 fully saturated rings. The van der Waals surface area contributed by atoms with Gasteiger partial charge in [-0.05, 0) is 31.0 Å². The Hall–Kier alpha value is -2.67. The van der Waals surface area contributed by atoms with Crippen LogP contribution in [0.25, 0.3) is 0 Å². The summed E-state index contributed by atoms with van der Waals surface area (Å²) in [5, 5.41) is 5.91. The largest absolute Gasteiger partial charge is 0.350 e. The molecular formula is C18H20ClN5O2. The number of nitrogens with zero attached hydrogens (tertiary/aromatic N) is 3. The molecule has 8 heteroatoms. The highest BCUT2D eigenvalue weighted by Gasteiger charge is 2.23. The Balaban J connectivity index is 1.49. The number of rotatable bonds is 5. The van der Waals surface area contributed by atoms with Gasteiger partial charge >= 0.3 is 0 Å². The van der Waals surface area contributed by atoms with Gasteiger partial charge in [-0.3, -0.25) is 9.59 Å². The molecule has 1 saturated heterocycles. The van der Waals surface area contributed by atoms with Gasteiger partial charge in [-0.1, -0.05) is 23.7 Å². The summed E-state index contributed by atoms with van der Waals surface area (Å²) in [6.07, 6.45) is 5.23. The molecule has 0 spiro atoms. The molecule has 1 atom stereocenters. The number of piperidine rings is 1. The van der Waals surface area contributed by atoms with E-state index in [0.29, 0.717) is 23.1 Å². The van der Waals surface area contributed by atoms with Crippen molar-refractivity contribution in [3.63, 3.8) is 0 Å². The van der Waals surface area contributed by atoms with Crippen LogP contribution in [0.1, 0.15) is 23.2 Å². The van der Waals surface area contributed by atoms with E-state index in [1.807, 2.05) is 0 Å². The van der Waals surface area contributed by atoms with Gasteiger partial charge in [-0.15, -0.1) is 0 Å². The predicted octanol–water partition coefficient (Wildman–Crippen LogP) is 1.65. The van der Waals surface area contributed by atoms with Crippen LogP contribution in [-0.4, -0.2) is 47.5 Å². The van der Waals surface area contributed by atoms with E-state index < -0.39 is 0 Å². The lowest BCUT2D eigenvalue weighted by Crippen LogP contribution is -2.50. The number of benzene rings is 1. The van der Waals surface area contributed by atoms with Crippen LogP contribution in [0, 0.1) is 0 Å². The third-order valence-corrected chi connectivity index (χ3v) is 4.48. The second-order valence-electron chi connectivity index (χ2n) is 6.06. The summed E-state index contributed by atoms with van der Waals surface area (Å²) in [6.45, 7) is 1.41. The summed E-state index contributed by atoms with van der Waals surface area (Å²) < 4.78 is 0. The standard InChI is InChI=1S/C18H20ClN5O2/c19-15-7-2-1-6-14(15)17(26)22-11-16(25)23-13-5-3-10-24(12-13)18-20-8-4-9-21-18/h1-2,4,6-9,13H,3,5,10-12H2,(H,22,26)(H,23,25). The molecule has 2 aromatic rings. The van der Waals surface area contributed by atoms with Crippen molar-refractivity contribution in [2.45, 2.75) is 18.9 Å². The molecule has 1 aromatic heterocycles. The highest BCUT2D eigenvalue weighted by molar-refractivity contribution is 6.33. The van der Waals surface area contributed by atoms with E-state index in [4.69, 9.17) is 11.6 Å². The van der Waals surface area contributed by atoms with Gasteiger partial charge in [0.2, 0.25) is 11.9 Å². The Morgan fingerprint density at radius 1 is 1.19 bits per heavy atom. The number of nitrogens with one attached hydrogen (secondary N) is 2. The highest BCUT2D eigenvalue weighted by Crippen LogP contribution is 2.16. The Kier molecular flexibility index (Phi) is 6.01. The van der Waals surface area contributed by atoms with Gasteiger partial charge < -0.3 is 15.5 Å². The predicted molar refractivity (Wildman–Crippen MR) is 99.2 cm³/mol. The molecule has 1 unspecified atom stereocenters. The zero-order valence-electron chi connectivity index (χ0n) is 14.2. The lowest BCUT2D eigenvalue weighted by molar-refractivity contribution is -0.120. The van der Waals surface area contributed by atoms with E-state index in [1.165, 1.54) is 0 Å². The molecule has 2 amide bonds. The van der Waals surface area contributed by atoms with Crippen LogP contribution in [0.15, 0.2) is 42.7 Å². The molecule has 1 aliphatic rings. The number of hydrogen-bond donors (Lipinski definition) is 2. The third-order valence-electron chi connectivity index (χ3n) is 4.15. The van der Waals surface area contributed by atoms with E-state index in [2.05, 4.69) is 25.5 Å². The van der Waals surface area contributed by atoms with Crippen LogP contribution in [0.4, 0.5) is 5.95 Å². The zero-order chi connectivity index (χ0) is 18.4. The normalized spacial score (nSPS) is 16.8. The Labute approximate surface area is 156 Å². The van der Waals surface area contributed by atoms with Crippen molar-refractivity contribution in [2.24, 2.45) is 0 Å². The number of carbonyl (C=O) groups excluding carboxylic acids is 2. The van der Waals surface area contributed by atoms with Crippen molar-refractivity contribution in [3.05, 3.63) is 53.3 Å². The number of hydrogen-bond acceptors (Lipinski definition) is 5. The summed E-state index contributed by atoms with van der Waals surface area (Å²) in [7, 11) is 0. The fourth-order valence-corrected chi connectivity index (χ4v) is 3.13. The topological polar surface area (TPSA) is 87.2 Å². The first-order chi connectivity index (χ1) is 12.6. The molecular weight excluding hydrogens is 354 g/mol. The molecule has 2 heterocycles. The summed E-state index contributed by atoms with van der Waals surface area (Å²) in [6, 6.07) is 8.50. The molecule has 0 aliphatic carbocycles. The second kappa shape index (κ2) is 8.62. The van der Waals surface area contributed by atoms with Crippen molar-refractivity contribution < 1.29 is 9.59 Å². The van der Waals surface area contributed by atoms with E-state index in [0.717, 1.165) is 19.4 Å². The SMILES string of the molecule is O=C(CNC(=O)c1ccccc1Cl)NC1CCCN(c2ncccn2)C1. The maximum absolute atomic E-state index is 12.2. The number of amides is 2. The minimum absolute atomic E-state index is 0.00253. The van der Waals surface area contributed by atoms with E-state index in [-0.39, 0.29) is 24.4 Å². The first kappa shape index (κ1) is 18.1. The van der Waals surface area contributed by atoms with Gasteiger partial charge in [-0.2, -0.15) is 0 Å². The van der Waals surface area contributed by atoms with E-state index >= 15 is 0 Å². The smallest absolute Gasteiger partial charge is 0.253 e. The summed E-state index contributed by atoms with van der Waals surface area (Å²) in [5.74, 6) is 0.0680. The first-order valence-electron chi connectivity index (χ1n) is 8.47. The molecule has 1 aromatic carbocycles. The van der Waals surface area contributed by atoms with Gasteiger partial charge in [0.05, 0.1) is 17.1 Å².